The van der Waals surface area contributed by atoms with Gasteiger partial charge in [-0.1, -0.05) is 90.4 Å². The first kappa shape index (κ1) is 19.6. The minimum absolute atomic E-state index is 0.716. The van der Waals surface area contributed by atoms with Crippen LogP contribution in [0.4, 0.5) is 0 Å². The van der Waals surface area contributed by atoms with Crippen LogP contribution in [-0.4, -0.2) is 0 Å². The van der Waals surface area contributed by atoms with E-state index in [1.54, 1.807) is 0 Å². The predicted octanol–water partition coefficient (Wildman–Crippen LogP) is 7.52. The third-order valence-electron chi connectivity index (χ3n) is 5.28. The van der Waals surface area contributed by atoms with Crippen LogP contribution >= 0.6 is 0 Å². The van der Waals surface area contributed by atoms with Gasteiger partial charge in [0.25, 0.3) is 0 Å². The van der Waals surface area contributed by atoms with Crippen LogP contribution in [0.15, 0.2) is 0 Å². The lowest BCUT2D eigenvalue weighted by molar-refractivity contribution is 0.291. The van der Waals surface area contributed by atoms with Gasteiger partial charge in [-0.05, 0) is 31.6 Å². The third kappa shape index (κ3) is 9.55. The molecule has 0 aromatic carbocycles. The lowest BCUT2D eigenvalue weighted by Gasteiger charge is -2.26. The number of rotatable bonds is 9. The monoisotopic (exact) mass is 304 g/mol. The van der Waals surface area contributed by atoms with Crippen molar-refractivity contribution in [1.82, 2.24) is 0 Å². The van der Waals surface area contributed by atoms with E-state index in [4.69, 9.17) is 0 Å². The summed E-state index contributed by atoms with van der Waals surface area (Å²) in [6.45, 7) is 4.56. The largest absolute Gasteiger partial charge is 0.103 e. The summed E-state index contributed by atoms with van der Waals surface area (Å²) >= 11 is 0. The van der Waals surface area contributed by atoms with Crippen LogP contribution in [0, 0.1) is 23.7 Å². The Labute approximate surface area is 140 Å². The number of hydrogen-bond donors (Lipinski definition) is 0. The summed E-state index contributed by atoms with van der Waals surface area (Å²) in [7, 11) is 0. The molecule has 0 nitrogen and oxygen atoms in total. The van der Waals surface area contributed by atoms with E-state index in [2.05, 4.69) is 25.7 Å². The van der Waals surface area contributed by atoms with Crippen molar-refractivity contribution in [2.45, 2.75) is 117 Å². The van der Waals surface area contributed by atoms with Crippen LogP contribution in [-0.2, 0) is 0 Å². The average molecular weight is 305 g/mol. The maximum Gasteiger partial charge on any atom is 0.0231 e. The fourth-order valence-electron chi connectivity index (χ4n) is 3.75. The van der Waals surface area contributed by atoms with Gasteiger partial charge >= 0.3 is 0 Å². The summed E-state index contributed by atoms with van der Waals surface area (Å²) in [5, 5.41) is 0. The Morgan fingerprint density at radius 2 is 1.41 bits per heavy atom. The molecule has 2 unspecified atom stereocenters. The van der Waals surface area contributed by atoms with E-state index < -0.39 is 0 Å². The summed E-state index contributed by atoms with van der Waals surface area (Å²) in [4.78, 5) is 0. The fraction of sp³-hybridized carbons (Fsp3) is 0.909. The maximum absolute atomic E-state index is 3.69. The number of hydrogen-bond acceptors (Lipinski definition) is 0. The van der Waals surface area contributed by atoms with E-state index in [1.807, 2.05) is 0 Å². The molecule has 1 aliphatic carbocycles. The summed E-state index contributed by atoms with van der Waals surface area (Å²) in [5.41, 5.74) is 0. The van der Waals surface area contributed by atoms with Gasteiger partial charge < -0.3 is 0 Å². The fourth-order valence-corrected chi connectivity index (χ4v) is 3.75. The Bertz CT molecular complexity index is 293. The van der Waals surface area contributed by atoms with Gasteiger partial charge in [-0.3, -0.25) is 0 Å². The van der Waals surface area contributed by atoms with Gasteiger partial charge in [-0.25, -0.2) is 0 Å². The Morgan fingerprint density at radius 3 is 2.18 bits per heavy atom. The topological polar surface area (TPSA) is 0 Å². The van der Waals surface area contributed by atoms with Crippen molar-refractivity contribution in [3.63, 3.8) is 0 Å². The molecule has 2 atom stereocenters. The molecule has 0 bridgehead atoms. The molecule has 22 heavy (non-hydrogen) atoms. The molecule has 0 aliphatic heterocycles. The van der Waals surface area contributed by atoms with Crippen molar-refractivity contribution in [3.05, 3.63) is 0 Å². The third-order valence-corrected chi connectivity index (χ3v) is 5.28. The Kier molecular flexibility index (Phi) is 12.6. The number of unbranched alkanes of at least 4 members (excludes halogenated alkanes) is 7. The molecule has 0 aromatic heterocycles. The molecule has 0 amide bonds. The second-order valence-corrected chi connectivity index (χ2v) is 7.34. The average Bonchev–Trinajstić information content (AvgIpc) is 2.51. The molecule has 1 saturated carbocycles. The zero-order chi connectivity index (χ0) is 15.9. The maximum atomic E-state index is 3.69. The van der Waals surface area contributed by atoms with Crippen molar-refractivity contribution in [2.24, 2.45) is 11.8 Å². The predicted molar refractivity (Wildman–Crippen MR) is 100.0 cm³/mol. The van der Waals surface area contributed by atoms with E-state index in [-0.39, 0.29) is 0 Å². The standard InChI is InChI=1S/C22H40/c1-3-5-7-9-10-14-18-22-20-16-12-11-15-19-21(22)17-13-8-6-4-2/h21-22H,3-12,14-16,18-20H2,1-2H3. The van der Waals surface area contributed by atoms with Gasteiger partial charge in [0.05, 0.1) is 0 Å². The Morgan fingerprint density at radius 1 is 0.727 bits per heavy atom. The minimum atomic E-state index is 0.716. The zero-order valence-corrected chi connectivity index (χ0v) is 15.5. The van der Waals surface area contributed by atoms with Crippen molar-refractivity contribution in [1.29, 1.82) is 0 Å². The van der Waals surface area contributed by atoms with Crippen LogP contribution in [0.5, 0.6) is 0 Å². The highest BCUT2D eigenvalue weighted by molar-refractivity contribution is 5.05. The first-order valence-corrected chi connectivity index (χ1v) is 10.4. The van der Waals surface area contributed by atoms with Crippen molar-refractivity contribution >= 4 is 0 Å². The molecule has 1 aliphatic rings. The van der Waals surface area contributed by atoms with Crippen molar-refractivity contribution < 1.29 is 0 Å². The SMILES string of the molecule is CCCCC#CC1CCCCCCC1CCCCCCCC. The van der Waals surface area contributed by atoms with Crippen molar-refractivity contribution in [3.8, 4) is 11.8 Å². The van der Waals surface area contributed by atoms with Gasteiger partial charge in [0.2, 0.25) is 0 Å². The molecule has 1 rings (SSSR count). The van der Waals surface area contributed by atoms with E-state index in [9.17, 15) is 0 Å². The Hall–Kier alpha value is -0.440. The molecule has 0 aromatic rings. The highest BCUT2D eigenvalue weighted by Gasteiger charge is 2.20. The van der Waals surface area contributed by atoms with E-state index >= 15 is 0 Å². The molecule has 0 radical (unpaired) electrons. The molecular formula is C22H40. The molecular weight excluding hydrogens is 264 g/mol. The first-order chi connectivity index (χ1) is 10.9. The van der Waals surface area contributed by atoms with Gasteiger partial charge in [-0.2, -0.15) is 0 Å². The molecule has 0 spiro atoms. The van der Waals surface area contributed by atoms with Crippen LogP contribution in [0.3, 0.4) is 0 Å². The van der Waals surface area contributed by atoms with Crippen molar-refractivity contribution in [2.75, 3.05) is 0 Å². The van der Waals surface area contributed by atoms with Gasteiger partial charge in [0, 0.05) is 12.3 Å². The summed E-state index contributed by atoms with van der Waals surface area (Å²) < 4.78 is 0. The second-order valence-electron chi connectivity index (χ2n) is 7.34. The van der Waals surface area contributed by atoms with E-state index in [0.717, 1.165) is 12.3 Å². The lowest BCUT2D eigenvalue weighted by Crippen LogP contribution is -2.15. The normalized spacial score (nSPS) is 22.5. The summed E-state index contributed by atoms with van der Waals surface area (Å²) in [5.74, 6) is 8.81. The summed E-state index contributed by atoms with van der Waals surface area (Å²) in [6.07, 6.45) is 22.3. The van der Waals surface area contributed by atoms with Crippen LogP contribution in [0.1, 0.15) is 117 Å². The van der Waals surface area contributed by atoms with Gasteiger partial charge in [0.1, 0.15) is 0 Å². The van der Waals surface area contributed by atoms with Crippen LogP contribution in [0.25, 0.3) is 0 Å². The van der Waals surface area contributed by atoms with E-state index in [1.165, 1.54) is 96.3 Å². The molecule has 0 N–H and O–H groups in total. The first-order valence-electron chi connectivity index (χ1n) is 10.4. The highest BCUT2D eigenvalue weighted by Crippen LogP contribution is 2.31. The highest BCUT2D eigenvalue weighted by atomic mass is 14.2. The minimum Gasteiger partial charge on any atom is -0.103 e. The van der Waals surface area contributed by atoms with Gasteiger partial charge in [-0.15, -0.1) is 5.92 Å². The zero-order valence-electron chi connectivity index (χ0n) is 15.5. The Balaban J connectivity index is 2.35. The lowest BCUT2D eigenvalue weighted by atomic mass is 9.79. The smallest absolute Gasteiger partial charge is 0.0231 e. The van der Waals surface area contributed by atoms with Crippen LogP contribution < -0.4 is 0 Å². The molecule has 0 heteroatoms. The molecule has 0 heterocycles. The van der Waals surface area contributed by atoms with E-state index in [0.29, 0.717) is 5.92 Å². The molecule has 1 fully saturated rings. The molecule has 0 saturated heterocycles. The summed E-state index contributed by atoms with van der Waals surface area (Å²) in [6, 6.07) is 0. The second kappa shape index (κ2) is 14.2. The van der Waals surface area contributed by atoms with Gasteiger partial charge in [0.15, 0.2) is 0 Å². The quantitative estimate of drug-likeness (QED) is 0.305. The molecule has 128 valence electrons. The van der Waals surface area contributed by atoms with Crippen LogP contribution in [0.2, 0.25) is 0 Å².